The summed E-state index contributed by atoms with van der Waals surface area (Å²) >= 11 is 0. The molecule has 20 heavy (non-hydrogen) atoms. The fraction of sp³-hybridized carbons (Fsp3) is 0.357. The van der Waals surface area contributed by atoms with E-state index in [0.29, 0.717) is 11.6 Å². The molecule has 0 spiro atoms. The second-order valence-electron chi connectivity index (χ2n) is 4.92. The third-order valence-corrected chi connectivity index (χ3v) is 2.72. The first-order valence-corrected chi connectivity index (χ1v) is 6.27. The molecule has 0 saturated heterocycles. The number of hydrogen-bond donors (Lipinski definition) is 1. The van der Waals surface area contributed by atoms with Crippen molar-refractivity contribution in [3.05, 3.63) is 41.7 Å². The van der Waals surface area contributed by atoms with Gasteiger partial charge in [0.15, 0.2) is 0 Å². The summed E-state index contributed by atoms with van der Waals surface area (Å²) in [6.45, 7) is 5.79. The monoisotopic (exact) mass is 283 g/mol. The van der Waals surface area contributed by atoms with E-state index in [1.165, 1.54) is 12.1 Å². The predicted octanol–water partition coefficient (Wildman–Crippen LogP) is 4.02. The molecule has 0 aliphatic heterocycles. The summed E-state index contributed by atoms with van der Waals surface area (Å²) in [5, 5.41) is 3.17. The Morgan fingerprint density at radius 2 is 1.75 bits per heavy atom. The molecule has 1 aromatic carbocycles. The molecule has 0 amide bonds. The first-order chi connectivity index (χ1) is 9.27. The van der Waals surface area contributed by atoms with E-state index in [9.17, 15) is 13.2 Å². The van der Waals surface area contributed by atoms with Gasteiger partial charge in [-0.25, -0.2) is 4.98 Å². The summed E-state index contributed by atoms with van der Waals surface area (Å²) in [6.07, 6.45) is -2.53. The van der Waals surface area contributed by atoms with Crippen molar-refractivity contribution in [2.45, 2.75) is 33.0 Å². The maximum atomic E-state index is 12.5. The number of benzene rings is 1. The van der Waals surface area contributed by atoms with Crippen LogP contribution < -0.4 is 5.32 Å². The first-order valence-electron chi connectivity index (χ1n) is 6.27. The molecule has 0 bridgehead atoms. The van der Waals surface area contributed by atoms with E-state index < -0.39 is 11.7 Å². The van der Waals surface area contributed by atoms with Crippen LogP contribution in [0.1, 0.15) is 25.1 Å². The van der Waals surface area contributed by atoms with Crippen LogP contribution in [0, 0.1) is 6.92 Å². The smallest absolute Gasteiger partial charge is 0.353 e. The highest BCUT2D eigenvalue weighted by Crippen LogP contribution is 2.30. The highest BCUT2D eigenvalue weighted by molar-refractivity contribution is 5.44. The van der Waals surface area contributed by atoms with Gasteiger partial charge in [0.25, 0.3) is 0 Å². The van der Waals surface area contributed by atoms with Crippen LogP contribution in [0.25, 0.3) is 5.69 Å². The second kappa shape index (κ2) is 5.19. The minimum atomic E-state index is -4.32. The fourth-order valence-electron chi connectivity index (χ4n) is 1.87. The molecular weight excluding hydrogens is 267 g/mol. The van der Waals surface area contributed by atoms with E-state index in [2.05, 4.69) is 10.3 Å². The molecule has 0 aliphatic carbocycles. The van der Waals surface area contributed by atoms with Gasteiger partial charge in [-0.1, -0.05) is 0 Å². The van der Waals surface area contributed by atoms with Crippen LogP contribution in [0.2, 0.25) is 0 Å². The quantitative estimate of drug-likeness (QED) is 0.922. The molecular formula is C14H16F3N3. The summed E-state index contributed by atoms with van der Waals surface area (Å²) in [5.41, 5.74) is 0.784. The molecule has 1 aromatic heterocycles. The largest absolute Gasteiger partial charge is 0.416 e. The normalized spacial score (nSPS) is 11.9. The van der Waals surface area contributed by atoms with E-state index >= 15 is 0 Å². The highest BCUT2D eigenvalue weighted by atomic mass is 19.4. The Kier molecular flexibility index (Phi) is 3.74. The summed E-state index contributed by atoms with van der Waals surface area (Å²) in [4.78, 5) is 4.33. The average molecular weight is 283 g/mol. The van der Waals surface area contributed by atoms with Crippen LogP contribution in [0.3, 0.4) is 0 Å². The maximum absolute atomic E-state index is 12.5. The molecule has 108 valence electrons. The van der Waals surface area contributed by atoms with Crippen molar-refractivity contribution in [1.82, 2.24) is 9.55 Å². The topological polar surface area (TPSA) is 29.9 Å². The number of anilines is 1. The molecule has 3 nitrogen and oxygen atoms in total. The summed E-state index contributed by atoms with van der Waals surface area (Å²) < 4.78 is 39.4. The molecule has 0 aliphatic rings. The second-order valence-corrected chi connectivity index (χ2v) is 4.92. The number of aromatic nitrogens is 2. The SMILES string of the molecule is Cc1cn(-c2ccc(C(F)(F)F)cc2)c(NC(C)C)n1. The van der Waals surface area contributed by atoms with Gasteiger partial charge in [0.1, 0.15) is 0 Å². The van der Waals surface area contributed by atoms with Gasteiger partial charge >= 0.3 is 6.18 Å². The van der Waals surface area contributed by atoms with Crippen LogP contribution in [0.5, 0.6) is 0 Å². The van der Waals surface area contributed by atoms with Gasteiger partial charge < -0.3 is 5.32 Å². The third-order valence-electron chi connectivity index (χ3n) is 2.72. The Hall–Kier alpha value is -1.98. The van der Waals surface area contributed by atoms with E-state index in [4.69, 9.17) is 0 Å². The zero-order chi connectivity index (χ0) is 14.9. The van der Waals surface area contributed by atoms with Gasteiger partial charge in [-0.05, 0) is 45.0 Å². The Bertz CT molecular complexity index is 583. The number of alkyl halides is 3. The molecule has 1 heterocycles. The number of rotatable bonds is 3. The summed E-state index contributed by atoms with van der Waals surface area (Å²) in [5.74, 6) is 0.622. The molecule has 0 saturated carbocycles. The van der Waals surface area contributed by atoms with E-state index in [0.717, 1.165) is 17.8 Å². The van der Waals surface area contributed by atoms with Crippen LogP contribution in [-0.4, -0.2) is 15.6 Å². The Labute approximate surface area is 115 Å². The lowest BCUT2D eigenvalue weighted by molar-refractivity contribution is -0.137. The lowest BCUT2D eigenvalue weighted by atomic mass is 10.2. The van der Waals surface area contributed by atoms with E-state index in [1.54, 1.807) is 10.8 Å². The standard InChI is InChI=1S/C14H16F3N3/c1-9(2)18-13-19-10(3)8-20(13)12-6-4-11(5-7-12)14(15,16)17/h4-9H,1-3H3,(H,18,19). The Morgan fingerprint density at radius 3 is 2.25 bits per heavy atom. The van der Waals surface area contributed by atoms with Crippen LogP contribution in [0.4, 0.5) is 19.1 Å². The van der Waals surface area contributed by atoms with Crippen molar-refractivity contribution >= 4 is 5.95 Å². The Morgan fingerprint density at radius 1 is 1.15 bits per heavy atom. The number of halogens is 3. The Balaban J connectivity index is 2.36. The molecule has 0 atom stereocenters. The molecule has 2 aromatic rings. The maximum Gasteiger partial charge on any atom is 0.416 e. The lowest BCUT2D eigenvalue weighted by Gasteiger charge is -2.13. The minimum absolute atomic E-state index is 0.185. The van der Waals surface area contributed by atoms with Gasteiger partial charge in [-0.2, -0.15) is 13.2 Å². The number of hydrogen-bond acceptors (Lipinski definition) is 2. The fourth-order valence-corrected chi connectivity index (χ4v) is 1.87. The van der Waals surface area contributed by atoms with Gasteiger partial charge in [-0.15, -0.1) is 0 Å². The summed E-state index contributed by atoms with van der Waals surface area (Å²) in [7, 11) is 0. The molecule has 2 rings (SSSR count). The molecule has 0 radical (unpaired) electrons. The van der Waals surface area contributed by atoms with Gasteiger partial charge in [0.2, 0.25) is 5.95 Å². The van der Waals surface area contributed by atoms with Crippen molar-refractivity contribution in [3.63, 3.8) is 0 Å². The van der Waals surface area contributed by atoms with Crippen molar-refractivity contribution in [1.29, 1.82) is 0 Å². The van der Waals surface area contributed by atoms with E-state index in [1.807, 2.05) is 20.8 Å². The number of nitrogens with one attached hydrogen (secondary N) is 1. The predicted molar refractivity (Wildman–Crippen MR) is 72.1 cm³/mol. The van der Waals surface area contributed by atoms with Crippen LogP contribution >= 0.6 is 0 Å². The van der Waals surface area contributed by atoms with Crippen LogP contribution in [-0.2, 0) is 6.18 Å². The minimum Gasteiger partial charge on any atom is -0.353 e. The van der Waals surface area contributed by atoms with Crippen molar-refractivity contribution < 1.29 is 13.2 Å². The van der Waals surface area contributed by atoms with Gasteiger partial charge in [0, 0.05) is 17.9 Å². The molecule has 1 N–H and O–H groups in total. The van der Waals surface area contributed by atoms with Crippen LogP contribution in [0.15, 0.2) is 30.5 Å². The zero-order valence-electron chi connectivity index (χ0n) is 11.5. The number of imidazole rings is 1. The van der Waals surface area contributed by atoms with Gasteiger partial charge in [-0.3, -0.25) is 4.57 Å². The first kappa shape index (κ1) is 14.4. The van der Waals surface area contributed by atoms with Crippen molar-refractivity contribution in [2.24, 2.45) is 0 Å². The van der Waals surface area contributed by atoms with E-state index in [-0.39, 0.29) is 6.04 Å². The highest BCUT2D eigenvalue weighted by Gasteiger charge is 2.30. The van der Waals surface area contributed by atoms with Crippen molar-refractivity contribution in [2.75, 3.05) is 5.32 Å². The van der Waals surface area contributed by atoms with Crippen molar-refractivity contribution in [3.8, 4) is 5.69 Å². The third kappa shape index (κ3) is 3.12. The average Bonchev–Trinajstić information content (AvgIpc) is 2.68. The number of aryl methyl sites for hydroxylation is 1. The zero-order valence-corrected chi connectivity index (χ0v) is 11.5. The molecule has 0 unspecified atom stereocenters. The van der Waals surface area contributed by atoms with Gasteiger partial charge in [0.05, 0.1) is 11.3 Å². The number of nitrogens with zero attached hydrogens (tertiary/aromatic N) is 2. The summed E-state index contributed by atoms with van der Waals surface area (Å²) in [6, 6.07) is 5.21. The molecule has 6 heteroatoms. The lowest BCUT2D eigenvalue weighted by Crippen LogP contribution is -2.14. The molecule has 0 fully saturated rings.